The molecule has 2 rings (SSSR count). The molecule has 3 nitrogen and oxygen atoms in total. The number of hydrogen-bond acceptors (Lipinski definition) is 3. The van der Waals surface area contributed by atoms with E-state index in [0.717, 1.165) is 36.3 Å². The van der Waals surface area contributed by atoms with Gasteiger partial charge < -0.3 is 10.6 Å². The van der Waals surface area contributed by atoms with Gasteiger partial charge in [0.15, 0.2) is 0 Å². The molecule has 1 atom stereocenters. The number of piperidine rings is 1. The van der Waals surface area contributed by atoms with E-state index in [2.05, 4.69) is 35.9 Å². The van der Waals surface area contributed by atoms with Crippen LogP contribution in [0.2, 0.25) is 0 Å². The molecule has 0 unspecified atom stereocenters. The van der Waals surface area contributed by atoms with Gasteiger partial charge in [-0.05, 0) is 43.2 Å². The van der Waals surface area contributed by atoms with Crippen molar-refractivity contribution in [3.8, 4) is 0 Å². The van der Waals surface area contributed by atoms with Gasteiger partial charge in [0.1, 0.15) is 5.82 Å². The predicted molar refractivity (Wildman–Crippen MR) is 76.6 cm³/mol. The van der Waals surface area contributed by atoms with Gasteiger partial charge in [0.05, 0.1) is 0 Å². The maximum absolute atomic E-state index is 5.84. The highest BCUT2D eigenvalue weighted by atomic mass is 15.2. The van der Waals surface area contributed by atoms with Crippen molar-refractivity contribution in [3.63, 3.8) is 0 Å². The Balaban J connectivity index is 1.97. The lowest BCUT2D eigenvalue weighted by Crippen LogP contribution is -2.35. The molecule has 0 bridgehead atoms. The number of rotatable bonds is 3. The molecule has 0 aliphatic carbocycles. The zero-order valence-electron chi connectivity index (χ0n) is 11.8. The molecular formula is C15H25N3. The molecule has 2 heterocycles. The summed E-state index contributed by atoms with van der Waals surface area (Å²) in [6.45, 7) is 8.91. The van der Waals surface area contributed by atoms with Gasteiger partial charge in [-0.1, -0.05) is 19.9 Å². The molecule has 0 amide bonds. The third kappa shape index (κ3) is 3.02. The van der Waals surface area contributed by atoms with Crippen LogP contribution in [0.25, 0.3) is 0 Å². The molecule has 0 saturated carbocycles. The second-order valence-corrected chi connectivity index (χ2v) is 5.81. The van der Waals surface area contributed by atoms with Crippen molar-refractivity contribution in [3.05, 3.63) is 23.9 Å². The molecule has 2 N–H and O–H groups in total. The summed E-state index contributed by atoms with van der Waals surface area (Å²) in [6.07, 6.45) is 4.48. The zero-order valence-corrected chi connectivity index (χ0v) is 11.8. The summed E-state index contributed by atoms with van der Waals surface area (Å²) in [6, 6.07) is 4.27. The highest BCUT2D eigenvalue weighted by Crippen LogP contribution is 2.27. The third-order valence-electron chi connectivity index (χ3n) is 4.10. The molecule has 1 aromatic heterocycles. The number of anilines is 1. The van der Waals surface area contributed by atoms with Gasteiger partial charge in [-0.3, -0.25) is 0 Å². The molecule has 18 heavy (non-hydrogen) atoms. The smallest absolute Gasteiger partial charge is 0.128 e. The van der Waals surface area contributed by atoms with Gasteiger partial charge in [-0.25, -0.2) is 4.98 Å². The number of pyridine rings is 1. The Morgan fingerprint density at radius 1 is 1.22 bits per heavy atom. The Hall–Kier alpha value is -1.09. The minimum atomic E-state index is 0.0678. The van der Waals surface area contributed by atoms with Crippen LogP contribution < -0.4 is 10.6 Å². The first kappa shape index (κ1) is 13.3. The standard InChI is InChI=1S/C15H25N3/c1-11(2)13-6-8-18(9-7-13)15-5-4-14(10-17-15)12(3)16/h4-5,10-13H,6-9,16H2,1-3H3/t12-/m1/s1. The molecule has 0 aromatic carbocycles. The first-order chi connectivity index (χ1) is 8.58. The van der Waals surface area contributed by atoms with Crippen molar-refractivity contribution < 1.29 is 0 Å². The van der Waals surface area contributed by atoms with E-state index >= 15 is 0 Å². The lowest BCUT2D eigenvalue weighted by molar-refractivity contribution is 0.310. The van der Waals surface area contributed by atoms with Gasteiger partial charge in [0.2, 0.25) is 0 Å². The van der Waals surface area contributed by atoms with Gasteiger partial charge in [0.25, 0.3) is 0 Å². The van der Waals surface area contributed by atoms with E-state index in [1.165, 1.54) is 12.8 Å². The average molecular weight is 247 g/mol. The third-order valence-corrected chi connectivity index (χ3v) is 4.10. The fourth-order valence-corrected chi connectivity index (χ4v) is 2.65. The van der Waals surface area contributed by atoms with E-state index < -0.39 is 0 Å². The van der Waals surface area contributed by atoms with E-state index in [-0.39, 0.29) is 6.04 Å². The van der Waals surface area contributed by atoms with Gasteiger partial charge >= 0.3 is 0 Å². The predicted octanol–water partition coefficient (Wildman–Crippen LogP) is 2.97. The van der Waals surface area contributed by atoms with Crippen LogP contribution in [0.3, 0.4) is 0 Å². The summed E-state index contributed by atoms with van der Waals surface area (Å²) >= 11 is 0. The Labute approximate surface area is 110 Å². The Morgan fingerprint density at radius 2 is 1.89 bits per heavy atom. The topological polar surface area (TPSA) is 42.1 Å². The maximum atomic E-state index is 5.84. The molecule has 0 spiro atoms. The first-order valence-corrected chi connectivity index (χ1v) is 7.04. The van der Waals surface area contributed by atoms with E-state index in [0.29, 0.717) is 0 Å². The van der Waals surface area contributed by atoms with Crippen LogP contribution in [-0.2, 0) is 0 Å². The number of nitrogens with two attached hydrogens (primary N) is 1. The first-order valence-electron chi connectivity index (χ1n) is 7.04. The van der Waals surface area contributed by atoms with Crippen LogP contribution in [0.4, 0.5) is 5.82 Å². The van der Waals surface area contributed by atoms with E-state index in [4.69, 9.17) is 5.73 Å². The molecule has 1 fully saturated rings. The maximum Gasteiger partial charge on any atom is 0.128 e. The summed E-state index contributed by atoms with van der Waals surface area (Å²) in [7, 11) is 0. The van der Waals surface area contributed by atoms with Crippen molar-refractivity contribution in [2.45, 2.75) is 39.7 Å². The lowest BCUT2D eigenvalue weighted by Gasteiger charge is -2.34. The van der Waals surface area contributed by atoms with Gasteiger partial charge in [0, 0.05) is 25.3 Å². The largest absolute Gasteiger partial charge is 0.357 e. The summed E-state index contributed by atoms with van der Waals surface area (Å²) < 4.78 is 0. The van der Waals surface area contributed by atoms with Crippen molar-refractivity contribution in [1.29, 1.82) is 0 Å². The van der Waals surface area contributed by atoms with Crippen molar-refractivity contribution in [2.75, 3.05) is 18.0 Å². The highest BCUT2D eigenvalue weighted by Gasteiger charge is 2.22. The Bertz CT molecular complexity index is 362. The van der Waals surface area contributed by atoms with Crippen molar-refractivity contribution >= 4 is 5.82 Å². The summed E-state index contributed by atoms with van der Waals surface area (Å²) in [4.78, 5) is 6.93. The van der Waals surface area contributed by atoms with Crippen LogP contribution in [0.15, 0.2) is 18.3 Å². The van der Waals surface area contributed by atoms with Crippen LogP contribution in [0, 0.1) is 11.8 Å². The average Bonchev–Trinajstić information content (AvgIpc) is 2.39. The normalized spacial score (nSPS) is 19.3. The molecule has 1 aromatic rings. The monoisotopic (exact) mass is 247 g/mol. The summed E-state index contributed by atoms with van der Waals surface area (Å²) in [5.74, 6) is 2.78. The fraction of sp³-hybridized carbons (Fsp3) is 0.667. The van der Waals surface area contributed by atoms with Crippen molar-refractivity contribution in [2.24, 2.45) is 17.6 Å². The SMILES string of the molecule is CC(C)C1CCN(c2ccc([C@@H](C)N)cn2)CC1. The fourth-order valence-electron chi connectivity index (χ4n) is 2.65. The quantitative estimate of drug-likeness (QED) is 0.893. The zero-order chi connectivity index (χ0) is 13.1. The number of hydrogen-bond donors (Lipinski definition) is 1. The van der Waals surface area contributed by atoms with Crippen LogP contribution in [0.5, 0.6) is 0 Å². The van der Waals surface area contributed by atoms with Gasteiger partial charge in [-0.2, -0.15) is 0 Å². The number of nitrogens with zero attached hydrogens (tertiary/aromatic N) is 2. The second-order valence-electron chi connectivity index (χ2n) is 5.81. The number of aromatic nitrogens is 1. The molecule has 0 radical (unpaired) electrons. The minimum absolute atomic E-state index is 0.0678. The highest BCUT2D eigenvalue weighted by molar-refractivity contribution is 5.40. The van der Waals surface area contributed by atoms with E-state index in [9.17, 15) is 0 Å². The van der Waals surface area contributed by atoms with Gasteiger partial charge in [-0.15, -0.1) is 0 Å². The second kappa shape index (κ2) is 5.70. The van der Waals surface area contributed by atoms with E-state index in [1.54, 1.807) is 0 Å². The Kier molecular flexibility index (Phi) is 4.23. The lowest BCUT2D eigenvalue weighted by atomic mass is 9.87. The summed E-state index contributed by atoms with van der Waals surface area (Å²) in [5.41, 5.74) is 6.95. The van der Waals surface area contributed by atoms with Crippen LogP contribution in [0.1, 0.15) is 45.2 Å². The molecule has 100 valence electrons. The Morgan fingerprint density at radius 3 is 2.33 bits per heavy atom. The molecule has 1 saturated heterocycles. The molecule has 1 aliphatic heterocycles. The molecular weight excluding hydrogens is 222 g/mol. The van der Waals surface area contributed by atoms with Crippen LogP contribution in [-0.4, -0.2) is 18.1 Å². The molecule has 1 aliphatic rings. The minimum Gasteiger partial charge on any atom is -0.357 e. The van der Waals surface area contributed by atoms with Crippen LogP contribution >= 0.6 is 0 Å². The molecule has 3 heteroatoms. The van der Waals surface area contributed by atoms with E-state index in [1.807, 2.05) is 13.1 Å². The van der Waals surface area contributed by atoms with Crippen molar-refractivity contribution in [1.82, 2.24) is 4.98 Å². The summed E-state index contributed by atoms with van der Waals surface area (Å²) in [5, 5.41) is 0.